The Kier molecular flexibility index (Phi) is 12.6. The molecule has 186 valence electrons. The van der Waals surface area contributed by atoms with Crippen molar-refractivity contribution in [1.82, 2.24) is 5.32 Å². The molecule has 6 heteroatoms. The van der Waals surface area contributed by atoms with Gasteiger partial charge in [0.05, 0.1) is 6.61 Å². The second-order valence-electron chi connectivity index (χ2n) is 8.71. The molecule has 3 amide bonds. The minimum atomic E-state index is -0.358. The van der Waals surface area contributed by atoms with Gasteiger partial charge in [-0.15, -0.1) is 0 Å². The van der Waals surface area contributed by atoms with Gasteiger partial charge >= 0.3 is 6.03 Å². The summed E-state index contributed by atoms with van der Waals surface area (Å²) < 4.78 is 5.81. The van der Waals surface area contributed by atoms with Gasteiger partial charge in [-0.05, 0) is 61.7 Å². The van der Waals surface area contributed by atoms with Crippen molar-refractivity contribution in [1.29, 1.82) is 0 Å². The maximum absolute atomic E-state index is 12.5. The third kappa shape index (κ3) is 10.3. The van der Waals surface area contributed by atoms with Crippen LogP contribution >= 0.6 is 0 Å². The van der Waals surface area contributed by atoms with Crippen LogP contribution in [0.3, 0.4) is 0 Å². The Balaban J connectivity index is 1.77. The normalized spacial score (nSPS) is 10.6. The molecule has 0 aliphatic heterocycles. The molecule has 2 aromatic carbocycles. The van der Waals surface area contributed by atoms with Crippen molar-refractivity contribution in [3.8, 4) is 5.75 Å². The van der Waals surface area contributed by atoms with Gasteiger partial charge in [-0.1, -0.05) is 64.9 Å². The summed E-state index contributed by atoms with van der Waals surface area (Å²) in [4.78, 5) is 24.8. The topological polar surface area (TPSA) is 79.5 Å². The molecule has 2 rings (SSSR count). The van der Waals surface area contributed by atoms with E-state index in [0.29, 0.717) is 30.1 Å². The zero-order valence-corrected chi connectivity index (χ0v) is 21.0. The Morgan fingerprint density at radius 2 is 1.47 bits per heavy atom. The molecule has 34 heavy (non-hydrogen) atoms. The molecule has 6 nitrogen and oxygen atoms in total. The molecule has 0 bridgehead atoms. The molecule has 3 N–H and O–H groups in total. The molecular weight excluding hydrogens is 426 g/mol. The Morgan fingerprint density at radius 3 is 2.18 bits per heavy atom. The van der Waals surface area contributed by atoms with Gasteiger partial charge in [0.2, 0.25) is 0 Å². The van der Waals surface area contributed by atoms with Gasteiger partial charge in [0.1, 0.15) is 5.75 Å². The minimum absolute atomic E-state index is 0.135. The lowest BCUT2D eigenvalue weighted by Gasteiger charge is -2.12. The first kappa shape index (κ1) is 27.2. The average molecular weight is 468 g/mol. The Bertz CT molecular complexity index is 881. The van der Waals surface area contributed by atoms with Crippen LogP contribution in [0.2, 0.25) is 0 Å². The van der Waals surface area contributed by atoms with Crippen molar-refractivity contribution < 1.29 is 14.3 Å². The molecule has 0 fully saturated rings. The van der Waals surface area contributed by atoms with Crippen molar-refractivity contribution in [2.24, 2.45) is 0 Å². The zero-order chi connectivity index (χ0) is 24.6. The van der Waals surface area contributed by atoms with Crippen molar-refractivity contribution in [3.05, 3.63) is 53.6 Å². The van der Waals surface area contributed by atoms with Gasteiger partial charge in [0.15, 0.2) is 0 Å². The van der Waals surface area contributed by atoms with Gasteiger partial charge in [-0.25, -0.2) is 4.79 Å². The number of carbonyl (C=O) groups is 2. The first-order valence-corrected chi connectivity index (χ1v) is 12.7. The van der Waals surface area contributed by atoms with Crippen LogP contribution in [0, 0.1) is 6.92 Å². The van der Waals surface area contributed by atoms with Gasteiger partial charge in [0.25, 0.3) is 5.91 Å². The number of hydrogen-bond acceptors (Lipinski definition) is 3. The standard InChI is InChI=1S/C28H41N3O3/c1-4-6-8-9-10-11-12-20-34-25-17-15-24(16-18-25)30-28(33)31-26-21-23(14-13-22(26)3)27(32)29-19-7-5-2/h13-18,21H,4-12,19-20H2,1-3H3,(H,29,32)(H2,30,31,33). The second-order valence-corrected chi connectivity index (χ2v) is 8.71. The van der Waals surface area contributed by atoms with E-state index in [1.807, 2.05) is 37.3 Å². The predicted octanol–water partition coefficient (Wildman–Crippen LogP) is 7.30. The molecule has 2 aromatic rings. The van der Waals surface area contributed by atoms with Crippen molar-refractivity contribution in [2.45, 2.75) is 78.6 Å². The van der Waals surface area contributed by atoms with E-state index < -0.39 is 0 Å². The molecule has 0 atom stereocenters. The number of aryl methyl sites for hydroxylation is 1. The summed E-state index contributed by atoms with van der Waals surface area (Å²) in [6.45, 7) is 7.56. The van der Waals surface area contributed by atoms with E-state index >= 15 is 0 Å². The zero-order valence-electron chi connectivity index (χ0n) is 21.0. The van der Waals surface area contributed by atoms with E-state index in [9.17, 15) is 9.59 Å². The van der Waals surface area contributed by atoms with Crippen molar-refractivity contribution in [2.75, 3.05) is 23.8 Å². The van der Waals surface area contributed by atoms with E-state index in [4.69, 9.17) is 4.74 Å². The Morgan fingerprint density at radius 1 is 0.794 bits per heavy atom. The second kappa shape index (κ2) is 15.8. The van der Waals surface area contributed by atoms with E-state index in [2.05, 4.69) is 29.8 Å². The third-order valence-corrected chi connectivity index (χ3v) is 5.69. The molecule has 0 aliphatic carbocycles. The first-order chi connectivity index (χ1) is 16.5. The highest BCUT2D eigenvalue weighted by atomic mass is 16.5. The highest BCUT2D eigenvalue weighted by molar-refractivity contribution is 6.02. The maximum atomic E-state index is 12.5. The van der Waals surface area contributed by atoms with Gasteiger partial charge in [-0.2, -0.15) is 0 Å². The number of anilines is 2. The van der Waals surface area contributed by atoms with Gasteiger partial charge in [-0.3, -0.25) is 4.79 Å². The first-order valence-electron chi connectivity index (χ1n) is 12.7. The number of urea groups is 1. The van der Waals surface area contributed by atoms with Crippen LogP contribution in [0.1, 0.15) is 87.6 Å². The molecule has 0 heterocycles. The number of ether oxygens (including phenoxy) is 1. The molecule has 0 saturated carbocycles. The summed E-state index contributed by atoms with van der Waals surface area (Å²) in [6, 6.07) is 12.3. The molecule has 0 spiro atoms. The number of unbranched alkanes of at least 4 members (excludes halogenated alkanes) is 7. The van der Waals surface area contributed by atoms with Crippen LogP contribution < -0.4 is 20.7 Å². The fraction of sp³-hybridized carbons (Fsp3) is 0.500. The van der Waals surface area contributed by atoms with Crippen LogP contribution in [-0.2, 0) is 0 Å². The van der Waals surface area contributed by atoms with E-state index in [0.717, 1.165) is 30.6 Å². The molecular formula is C28H41N3O3. The number of amides is 3. The predicted molar refractivity (Wildman–Crippen MR) is 141 cm³/mol. The third-order valence-electron chi connectivity index (χ3n) is 5.69. The minimum Gasteiger partial charge on any atom is -0.494 e. The van der Waals surface area contributed by atoms with Gasteiger partial charge in [0, 0.05) is 23.5 Å². The number of carbonyl (C=O) groups excluding carboxylic acids is 2. The van der Waals surface area contributed by atoms with Crippen molar-refractivity contribution >= 4 is 23.3 Å². The van der Waals surface area contributed by atoms with Crippen molar-refractivity contribution in [3.63, 3.8) is 0 Å². The number of hydrogen-bond donors (Lipinski definition) is 3. The Hall–Kier alpha value is -3.02. The smallest absolute Gasteiger partial charge is 0.323 e. The monoisotopic (exact) mass is 467 g/mol. The fourth-order valence-electron chi connectivity index (χ4n) is 3.55. The number of nitrogens with one attached hydrogen (secondary N) is 3. The van der Waals surface area contributed by atoms with E-state index in [-0.39, 0.29) is 11.9 Å². The lowest BCUT2D eigenvalue weighted by atomic mass is 10.1. The number of benzene rings is 2. The Labute approximate surface area is 204 Å². The van der Waals surface area contributed by atoms with E-state index in [1.54, 1.807) is 12.1 Å². The lowest BCUT2D eigenvalue weighted by Crippen LogP contribution is -2.25. The molecule has 0 radical (unpaired) electrons. The largest absolute Gasteiger partial charge is 0.494 e. The maximum Gasteiger partial charge on any atom is 0.323 e. The molecule has 0 unspecified atom stereocenters. The number of rotatable bonds is 15. The van der Waals surface area contributed by atoms with E-state index in [1.165, 1.54) is 38.5 Å². The van der Waals surface area contributed by atoms with Crippen LogP contribution in [0.5, 0.6) is 5.75 Å². The van der Waals surface area contributed by atoms with Crippen LogP contribution in [-0.4, -0.2) is 25.1 Å². The highest BCUT2D eigenvalue weighted by Crippen LogP contribution is 2.19. The summed E-state index contributed by atoms with van der Waals surface area (Å²) >= 11 is 0. The summed E-state index contributed by atoms with van der Waals surface area (Å²) in [5.41, 5.74) is 2.69. The highest BCUT2D eigenvalue weighted by Gasteiger charge is 2.10. The summed E-state index contributed by atoms with van der Waals surface area (Å²) in [5, 5.41) is 8.57. The van der Waals surface area contributed by atoms with Crippen LogP contribution in [0.15, 0.2) is 42.5 Å². The molecule has 0 aromatic heterocycles. The quantitative estimate of drug-likeness (QED) is 0.240. The SMILES string of the molecule is CCCCCCCCCOc1ccc(NC(=O)Nc2cc(C(=O)NCCCC)ccc2C)cc1. The fourth-order valence-corrected chi connectivity index (χ4v) is 3.55. The molecule has 0 aliphatic rings. The van der Waals surface area contributed by atoms with Crippen LogP contribution in [0.25, 0.3) is 0 Å². The van der Waals surface area contributed by atoms with Gasteiger partial charge < -0.3 is 20.7 Å². The average Bonchev–Trinajstić information content (AvgIpc) is 2.83. The summed E-state index contributed by atoms with van der Waals surface area (Å²) in [5.74, 6) is 0.665. The lowest BCUT2D eigenvalue weighted by molar-refractivity contribution is 0.0953. The molecule has 0 saturated heterocycles. The summed E-state index contributed by atoms with van der Waals surface area (Å²) in [7, 11) is 0. The summed E-state index contributed by atoms with van der Waals surface area (Å²) in [6.07, 6.45) is 10.7. The van der Waals surface area contributed by atoms with Crippen LogP contribution in [0.4, 0.5) is 16.2 Å².